The van der Waals surface area contributed by atoms with Gasteiger partial charge in [-0.1, -0.05) is 22.9 Å². The lowest BCUT2D eigenvalue weighted by molar-refractivity contribution is 0.165. The standard InChI is InChI=1S/C16H24BrFN2/c1-3-8-20-9-4-5-13(11-20)12(2)19-16-7-6-14(17)10-15(16)18/h6-7,10,12-13,19H,3-5,8-9,11H2,1-2H3. The molecule has 0 amide bonds. The number of piperidine rings is 1. The second-order valence-corrected chi connectivity index (χ2v) is 6.68. The number of benzene rings is 1. The Morgan fingerprint density at radius 2 is 2.30 bits per heavy atom. The smallest absolute Gasteiger partial charge is 0.147 e. The van der Waals surface area contributed by atoms with Crippen molar-refractivity contribution in [2.24, 2.45) is 5.92 Å². The molecule has 4 heteroatoms. The summed E-state index contributed by atoms with van der Waals surface area (Å²) in [6.07, 6.45) is 3.68. The average molecular weight is 343 g/mol. The Morgan fingerprint density at radius 3 is 3.00 bits per heavy atom. The zero-order chi connectivity index (χ0) is 14.5. The minimum atomic E-state index is -0.188. The molecule has 1 aliphatic heterocycles. The van der Waals surface area contributed by atoms with Crippen LogP contribution in [-0.4, -0.2) is 30.6 Å². The van der Waals surface area contributed by atoms with Gasteiger partial charge in [0, 0.05) is 17.1 Å². The Morgan fingerprint density at radius 1 is 1.50 bits per heavy atom. The van der Waals surface area contributed by atoms with Gasteiger partial charge in [-0.2, -0.15) is 0 Å². The van der Waals surface area contributed by atoms with Gasteiger partial charge < -0.3 is 10.2 Å². The lowest BCUT2D eigenvalue weighted by Crippen LogP contribution is -2.42. The largest absolute Gasteiger partial charge is 0.380 e. The summed E-state index contributed by atoms with van der Waals surface area (Å²) in [6, 6.07) is 5.50. The third kappa shape index (κ3) is 4.19. The summed E-state index contributed by atoms with van der Waals surface area (Å²) in [5.41, 5.74) is 0.605. The average Bonchev–Trinajstić information content (AvgIpc) is 2.42. The highest BCUT2D eigenvalue weighted by Crippen LogP contribution is 2.25. The number of hydrogen-bond donors (Lipinski definition) is 1. The van der Waals surface area contributed by atoms with Crippen LogP contribution in [0, 0.1) is 11.7 Å². The van der Waals surface area contributed by atoms with Gasteiger partial charge in [0.15, 0.2) is 0 Å². The van der Waals surface area contributed by atoms with E-state index in [-0.39, 0.29) is 5.82 Å². The first-order valence-corrected chi connectivity index (χ1v) is 8.33. The highest BCUT2D eigenvalue weighted by molar-refractivity contribution is 9.10. The predicted molar refractivity (Wildman–Crippen MR) is 86.6 cm³/mol. The van der Waals surface area contributed by atoms with Crippen LogP contribution in [0.5, 0.6) is 0 Å². The number of nitrogens with zero attached hydrogens (tertiary/aromatic N) is 1. The zero-order valence-corrected chi connectivity index (χ0v) is 13.9. The van der Waals surface area contributed by atoms with Crippen LogP contribution in [0.25, 0.3) is 0 Å². The number of nitrogens with one attached hydrogen (secondary N) is 1. The normalized spacial score (nSPS) is 21.7. The summed E-state index contributed by atoms with van der Waals surface area (Å²) in [5, 5.41) is 3.35. The Labute approximate surface area is 129 Å². The van der Waals surface area contributed by atoms with Crippen molar-refractivity contribution in [2.75, 3.05) is 25.0 Å². The van der Waals surface area contributed by atoms with Crippen molar-refractivity contribution in [3.05, 3.63) is 28.5 Å². The molecule has 1 aliphatic rings. The van der Waals surface area contributed by atoms with Crippen molar-refractivity contribution in [1.29, 1.82) is 0 Å². The van der Waals surface area contributed by atoms with E-state index >= 15 is 0 Å². The molecule has 20 heavy (non-hydrogen) atoms. The molecule has 0 radical (unpaired) electrons. The Bertz CT molecular complexity index is 436. The molecule has 0 spiro atoms. The number of halogens is 2. The number of anilines is 1. The summed E-state index contributed by atoms with van der Waals surface area (Å²) in [7, 11) is 0. The predicted octanol–water partition coefficient (Wildman–Crippen LogP) is 4.51. The fraction of sp³-hybridized carbons (Fsp3) is 0.625. The van der Waals surface area contributed by atoms with E-state index in [0.717, 1.165) is 11.0 Å². The van der Waals surface area contributed by atoms with Crippen LogP contribution in [0.4, 0.5) is 10.1 Å². The summed E-state index contributed by atoms with van der Waals surface area (Å²) >= 11 is 3.29. The first-order valence-electron chi connectivity index (χ1n) is 7.54. The first-order chi connectivity index (χ1) is 9.60. The van der Waals surface area contributed by atoms with Crippen LogP contribution in [0.3, 0.4) is 0 Å². The fourth-order valence-corrected chi connectivity index (χ4v) is 3.32. The van der Waals surface area contributed by atoms with E-state index in [1.54, 1.807) is 0 Å². The Hall–Kier alpha value is -0.610. The Kier molecular flexibility index (Phi) is 5.85. The van der Waals surface area contributed by atoms with Gasteiger partial charge in [-0.05, 0) is 63.4 Å². The van der Waals surface area contributed by atoms with Crippen LogP contribution in [0.2, 0.25) is 0 Å². The van der Waals surface area contributed by atoms with Gasteiger partial charge in [0.25, 0.3) is 0 Å². The van der Waals surface area contributed by atoms with Crippen LogP contribution in [0.1, 0.15) is 33.1 Å². The minimum absolute atomic E-state index is 0.188. The molecule has 0 aromatic heterocycles. The maximum absolute atomic E-state index is 13.9. The van der Waals surface area contributed by atoms with Crippen molar-refractivity contribution in [3.8, 4) is 0 Å². The lowest BCUT2D eigenvalue weighted by atomic mass is 9.91. The second-order valence-electron chi connectivity index (χ2n) is 5.76. The molecule has 2 atom stereocenters. The fourth-order valence-electron chi connectivity index (χ4n) is 2.99. The molecule has 1 aromatic rings. The van der Waals surface area contributed by atoms with Gasteiger partial charge in [0.05, 0.1) is 5.69 Å². The topological polar surface area (TPSA) is 15.3 Å². The molecule has 0 aliphatic carbocycles. The van der Waals surface area contributed by atoms with Gasteiger partial charge in [-0.25, -0.2) is 4.39 Å². The van der Waals surface area contributed by atoms with E-state index in [0.29, 0.717) is 17.6 Å². The molecule has 1 heterocycles. The van der Waals surface area contributed by atoms with Gasteiger partial charge in [0.1, 0.15) is 5.82 Å². The van der Waals surface area contributed by atoms with Crippen molar-refractivity contribution in [1.82, 2.24) is 4.90 Å². The lowest BCUT2D eigenvalue weighted by Gasteiger charge is -2.36. The zero-order valence-electron chi connectivity index (χ0n) is 12.3. The van der Waals surface area contributed by atoms with Gasteiger partial charge in [0.2, 0.25) is 0 Å². The molecule has 2 nitrogen and oxygen atoms in total. The van der Waals surface area contributed by atoms with E-state index in [2.05, 4.69) is 40.0 Å². The summed E-state index contributed by atoms with van der Waals surface area (Å²) in [4.78, 5) is 2.53. The van der Waals surface area contributed by atoms with Gasteiger partial charge in [-0.3, -0.25) is 0 Å². The van der Waals surface area contributed by atoms with Crippen LogP contribution in [-0.2, 0) is 0 Å². The van der Waals surface area contributed by atoms with Crippen LogP contribution in [0.15, 0.2) is 22.7 Å². The summed E-state index contributed by atoms with van der Waals surface area (Å²) < 4.78 is 14.7. The SMILES string of the molecule is CCCN1CCCC(C(C)Nc2ccc(Br)cc2F)C1. The van der Waals surface area contributed by atoms with Gasteiger partial charge >= 0.3 is 0 Å². The van der Waals surface area contributed by atoms with Gasteiger partial charge in [-0.15, -0.1) is 0 Å². The van der Waals surface area contributed by atoms with Crippen molar-refractivity contribution < 1.29 is 4.39 Å². The van der Waals surface area contributed by atoms with E-state index in [9.17, 15) is 4.39 Å². The number of hydrogen-bond acceptors (Lipinski definition) is 2. The number of rotatable bonds is 5. The van der Waals surface area contributed by atoms with Crippen molar-refractivity contribution in [3.63, 3.8) is 0 Å². The molecule has 1 aromatic carbocycles. The molecule has 0 bridgehead atoms. The Balaban J connectivity index is 1.95. The third-order valence-corrected chi connectivity index (χ3v) is 4.60. The monoisotopic (exact) mass is 342 g/mol. The molecule has 2 rings (SSSR count). The minimum Gasteiger partial charge on any atom is -0.380 e. The van der Waals surface area contributed by atoms with E-state index < -0.39 is 0 Å². The quantitative estimate of drug-likeness (QED) is 0.846. The summed E-state index contributed by atoms with van der Waals surface area (Å²) in [6.45, 7) is 7.91. The van der Waals surface area contributed by atoms with E-state index in [1.165, 1.54) is 38.4 Å². The third-order valence-electron chi connectivity index (χ3n) is 4.10. The second kappa shape index (κ2) is 7.41. The van der Waals surface area contributed by atoms with Crippen molar-refractivity contribution >= 4 is 21.6 Å². The molecule has 0 saturated carbocycles. The molecule has 112 valence electrons. The van der Waals surface area contributed by atoms with Crippen molar-refractivity contribution in [2.45, 2.75) is 39.2 Å². The molecular weight excluding hydrogens is 319 g/mol. The maximum Gasteiger partial charge on any atom is 0.147 e. The molecule has 2 unspecified atom stereocenters. The maximum atomic E-state index is 13.9. The highest BCUT2D eigenvalue weighted by Gasteiger charge is 2.24. The molecule has 1 saturated heterocycles. The van der Waals surface area contributed by atoms with Crippen LogP contribution < -0.4 is 5.32 Å². The molecule has 1 N–H and O–H groups in total. The first kappa shape index (κ1) is 15.8. The molecule has 1 fully saturated rings. The van der Waals surface area contributed by atoms with Crippen LogP contribution >= 0.6 is 15.9 Å². The molecular formula is C16H24BrFN2. The van der Waals surface area contributed by atoms with E-state index in [1.807, 2.05) is 12.1 Å². The number of likely N-dealkylation sites (tertiary alicyclic amines) is 1. The highest BCUT2D eigenvalue weighted by atomic mass is 79.9. The summed E-state index contributed by atoms with van der Waals surface area (Å²) in [5.74, 6) is 0.408. The van der Waals surface area contributed by atoms with E-state index in [4.69, 9.17) is 0 Å².